The lowest BCUT2D eigenvalue weighted by molar-refractivity contribution is 0.398. The van der Waals surface area contributed by atoms with E-state index in [1.165, 1.54) is 12.8 Å². The summed E-state index contributed by atoms with van der Waals surface area (Å²) < 4.78 is 5.22. The zero-order chi connectivity index (χ0) is 13.1. The van der Waals surface area contributed by atoms with Gasteiger partial charge in [-0.2, -0.15) is 5.10 Å². The van der Waals surface area contributed by atoms with Gasteiger partial charge in [-0.15, -0.1) is 0 Å². The normalized spacial score (nSPS) is 19.3. The molecule has 0 radical (unpaired) electrons. The van der Waals surface area contributed by atoms with Crippen LogP contribution < -0.4 is 10.1 Å². The number of benzene rings is 1. The van der Waals surface area contributed by atoms with E-state index in [-0.39, 0.29) is 0 Å². The van der Waals surface area contributed by atoms with Gasteiger partial charge in [0.15, 0.2) is 5.82 Å². The molecule has 5 heteroatoms. The Morgan fingerprint density at radius 2 is 2.26 bits per heavy atom. The van der Waals surface area contributed by atoms with Gasteiger partial charge in [0.2, 0.25) is 0 Å². The number of nitrogens with zero attached hydrogens (tertiary/aromatic N) is 2. The highest BCUT2D eigenvalue weighted by Crippen LogP contribution is 2.24. The summed E-state index contributed by atoms with van der Waals surface area (Å²) in [4.78, 5) is 4.59. The van der Waals surface area contributed by atoms with E-state index >= 15 is 0 Å². The summed E-state index contributed by atoms with van der Waals surface area (Å²) in [5.74, 6) is 2.47. The Balaban J connectivity index is 1.83. The van der Waals surface area contributed by atoms with Crippen LogP contribution in [-0.4, -0.2) is 28.8 Å². The molecule has 1 aliphatic heterocycles. The van der Waals surface area contributed by atoms with Crippen LogP contribution in [0.5, 0.6) is 5.75 Å². The van der Waals surface area contributed by atoms with Crippen LogP contribution in [0.15, 0.2) is 24.3 Å². The maximum absolute atomic E-state index is 5.22. The van der Waals surface area contributed by atoms with Crippen molar-refractivity contribution < 1.29 is 4.74 Å². The molecule has 1 saturated heterocycles. The van der Waals surface area contributed by atoms with Crippen molar-refractivity contribution in [3.8, 4) is 17.1 Å². The largest absolute Gasteiger partial charge is 0.497 e. The van der Waals surface area contributed by atoms with Crippen molar-refractivity contribution in [1.29, 1.82) is 0 Å². The zero-order valence-corrected chi connectivity index (χ0v) is 11.0. The molecule has 5 nitrogen and oxygen atoms in total. The minimum absolute atomic E-state index is 0.306. The summed E-state index contributed by atoms with van der Waals surface area (Å²) >= 11 is 0. The molecule has 3 rings (SSSR count). The first-order valence-electron chi connectivity index (χ1n) is 6.67. The molecule has 1 fully saturated rings. The molecular weight excluding hydrogens is 240 g/mol. The molecule has 1 aliphatic rings. The minimum atomic E-state index is 0.306. The first kappa shape index (κ1) is 12.2. The predicted molar refractivity (Wildman–Crippen MR) is 73.0 cm³/mol. The SMILES string of the molecule is COc1cccc(-c2n[nH]c(C3CCCCN3)n2)c1. The van der Waals surface area contributed by atoms with E-state index in [1.807, 2.05) is 24.3 Å². The van der Waals surface area contributed by atoms with E-state index in [0.717, 1.165) is 35.9 Å². The van der Waals surface area contributed by atoms with E-state index < -0.39 is 0 Å². The third kappa shape index (κ3) is 2.61. The molecule has 0 amide bonds. The molecule has 2 aromatic rings. The number of nitrogens with one attached hydrogen (secondary N) is 2. The molecule has 1 aromatic carbocycles. The lowest BCUT2D eigenvalue weighted by Gasteiger charge is -2.20. The van der Waals surface area contributed by atoms with Gasteiger partial charge in [-0.25, -0.2) is 4.98 Å². The van der Waals surface area contributed by atoms with E-state index in [2.05, 4.69) is 20.5 Å². The number of H-pyrrole nitrogens is 1. The molecule has 0 aliphatic carbocycles. The number of aromatic amines is 1. The van der Waals surface area contributed by atoms with Gasteiger partial charge in [0.1, 0.15) is 11.6 Å². The highest BCUT2D eigenvalue weighted by Gasteiger charge is 2.18. The van der Waals surface area contributed by atoms with Crippen molar-refractivity contribution >= 4 is 0 Å². The van der Waals surface area contributed by atoms with Crippen molar-refractivity contribution in [2.24, 2.45) is 0 Å². The van der Waals surface area contributed by atoms with E-state index in [0.29, 0.717) is 6.04 Å². The van der Waals surface area contributed by atoms with Crippen LogP contribution in [0.1, 0.15) is 31.1 Å². The first-order chi connectivity index (χ1) is 9.36. The fourth-order valence-corrected chi connectivity index (χ4v) is 2.41. The Morgan fingerprint density at radius 3 is 3.05 bits per heavy atom. The fourth-order valence-electron chi connectivity index (χ4n) is 2.41. The topological polar surface area (TPSA) is 62.8 Å². The highest BCUT2D eigenvalue weighted by atomic mass is 16.5. The second-order valence-corrected chi connectivity index (χ2v) is 4.78. The lowest BCUT2D eigenvalue weighted by Crippen LogP contribution is -2.27. The van der Waals surface area contributed by atoms with Crippen molar-refractivity contribution in [2.45, 2.75) is 25.3 Å². The molecule has 2 heterocycles. The van der Waals surface area contributed by atoms with Crippen LogP contribution in [-0.2, 0) is 0 Å². The van der Waals surface area contributed by atoms with Crippen LogP contribution in [0.2, 0.25) is 0 Å². The summed E-state index contributed by atoms with van der Waals surface area (Å²) in [5, 5.41) is 10.8. The Bertz CT molecular complexity index is 546. The van der Waals surface area contributed by atoms with E-state index in [1.54, 1.807) is 7.11 Å². The monoisotopic (exact) mass is 258 g/mol. The van der Waals surface area contributed by atoms with Crippen molar-refractivity contribution in [3.63, 3.8) is 0 Å². The Labute approximate surface area is 112 Å². The van der Waals surface area contributed by atoms with Crippen LogP contribution in [0.4, 0.5) is 0 Å². The third-order valence-electron chi connectivity index (χ3n) is 3.47. The summed E-state index contributed by atoms with van der Waals surface area (Å²) in [6, 6.07) is 8.11. The van der Waals surface area contributed by atoms with Crippen LogP contribution in [0, 0.1) is 0 Å². The highest BCUT2D eigenvalue weighted by molar-refractivity contribution is 5.57. The van der Waals surface area contributed by atoms with Gasteiger partial charge in [0.05, 0.1) is 13.2 Å². The van der Waals surface area contributed by atoms with Gasteiger partial charge >= 0.3 is 0 Å². The number of hydrogen-bond acceptors (Lipinski definition) is 4. The average molecular weight is 258 g/mol. The molecule has 1 aromatic heterocycles. The second kappa shape index (κ2) is 5.40. The zero-order valence-electron chi connectivity index (χ0n) is 11.0. The van der Waals surface area contributed by atoms with Gasteiger partial charge < -0.3 is 10.1 Å². The number of piperidine rings is 1. The number of hydrogen-bond donors (Lipinski definition) is 2. The minimum Gasteiger partial charge on any atom is -0.497 e. The molecule has 1 unspecified atom stereocenters. The maximum Gasteiger partial charge on any atom is 0.181 e. The van der Waals surface area contributed by atoms with E-state index in [4.69, 9.17) is 4.74 Å². The van der Waals surface area contributed by atoms with Gasteiger partial charge in [0.25, 0.3) is 0 Å². The smallest absolute Gasteiger partial charge is 0.181 e. The number of ether oxygens (including phenoxy) is 1. The summed E-state index contributed by atoms with van der Waals surface area (Å²) in [7, 11) is 1.66. The van der Waals surface area contributed by atoms with E-state index in [9.17, 15) is 0 Å². The molecule has 100 valence electrons. The number of rotatable bonds is 3. The predicted octanol–water partition coefficient (Wildman–Crippen LogP) is 2.29. The second-order valence-electron chi connectivity index (χ2n) is 4.78. The molecule has 0 saturated carbocycles. The van der Waals surface area contributed by atoms with Gasteiger partial charge in [-0.05, 0) is 31.5 Å². The molecule has 0 bridgehead atoms. The molecular formula is C14H18N4O. The quantitative estimate of drug-likeness (QED) is 0.886. The summed E-state index contributed by atoms with van der Waals surface area (Å²) in [6.07, 6.45) is 3.60. The van der Waals surface area contributed by atoms with Gasteiger partial charge in [-0.1, -0.05) is 18.6 Å². The fraction of sp³-hybridized carbons (Fsp3) is 0.429. The summed E-state index contributed by atoms with van der Waals surface area (Å²) in [6.45, 7) is 1.06. The molecule has 0 spiro atoms. The molecule has 2 N–H and O–H groups in total. The van der Waals surface area contributed by atoms with Crippen LogP contribution in [0.25, 0.3) is 11.4 Å². The van der Waals surface area contributed by atoms with Crippen molar-refractivity contribution in [1.82, 2.24) is 20.5 Å². The van der Waals surface area contributed by atoms with Gasteiger partial charge in [-0.3, -0.25) is 5.10 Å². The van der Waals surface area contributed by atoms with Crippen molar-refractivity contribution in [2.75, 3.05) is 13.7 Å². The van der Waals surface area contributed by atoms with Gasteiger partial charge in [0, 0.05) is 5.56 Å². The molecule has 19 heavy (non-hydrogen) atoms. The third-order valence-corrected chi connectivity index (χ3v) is 3.47. The number of aromatic nitrogens is 3. The van der Waals surface area contributed by atoms with Crippen LogP contribution >= 0.6 is 0 Å². The Kier molecular flexibility index (Phi) is 3.46. The summed E-state index contributed by atoms with van der Waals surface area (Å²) in [5.41, 5.74) is 0.970. The Hall–Kier alpha value is -1.88. The average Bonchev–Trinajstić information content (AvgIpc) is 2.98. The van der Waals surface area contributed by atoms with Crippen LogP contribution in [0.3, 0.4) is 0 Å². The molecule has 1 atom stereocenters. The maximum atomic E-state index is 5.22. The number of methoxy groups -OCH3 is 1. The lowest BCUT2D eigenvalue weighted by atomic mass is 10.0. The van der Waals surface area contributed by atoms with Crippen molar-refractivity contribution in [3.05, 3.63) is 30.1 Å². The standard InChI is InChI=1S/C14H18N4O/c1-19-11-6-4-5-10(9-11)13-16-14(18-17-13)12-7-2-3-8-15-12/h4-6,9,12,15H,2-3,7-8H2,1H3,(H,16,17,18). The Morgan fingerprint density at radius 1 is 1.32 bits per heavy atom. The first-order valence-corrected chi connectivity index (χ1v) is 6.67.